The number of nitrogens with two attached hydrogens (primary N) is 1. The molecule has 0 saturated carbocycles. The van der Waals surface area contributed by atoms with E-state index in [1.54, 1.807) is 6.07 Å². The van der Waals surface area contributed by atoms with Crippen LogP contribution in [0.1, 0.15) is 25.3 Å². The van der Waals surface area contributed by atoms with Crippen LogP contribution in [0.25, 0.3) is 0 Å². The van der Waals surface area contributed by atoms with Gasteiger partial charge >= 0.3 is 0 Å². The smallest absolute Gasteiger partial charge is 0.211 e. The Morgan fingerprint density at radius 1 is 1.40 bits per heavy atom. The van der Waals surface area contributed by atoms with Gasteiger partial charge in [-0.2, -0.15) is 0 Å². The fourth-order valence-electron chi connectivity index (χ4n) is 1.68. The molecule has 2 N–H and O–H groups in total. The lowest BCUT2D eigenvalue weighted by molar-refractivity contribution is -0.484. The highest BCUT2D eigenvalue weighted by Gasteiger charge is 2.22. The van der Waals surface area contributed by atoms with Crippen molar-refractivity contribution >= 4 is 5.69 Å². The normalized spacial score (nSPS) is 12.7. The summed E-state index contributed by atoms with van der Waals surface area (Å²) in [5, 5.41) is 10.6. The van der Waals surface area contributed by atoms with Gasteiger partial charge in [0, 0.05) is 10.6 Å². The lowest BCUT2D eigenvalue weighted by Gasteiger charge is -2.18. The number of hydrogen-bond donors (Lipinski definition) is 1. The predicted octanol–water partition coefficient (Wildman–Crippen LogP) is 2.29. The first-order valence-electron chi connectivity index (χ1n) is 4.98. The van der Waals surface area contributed by atoms with E-state index in [1.165, 1.54) is 0 Å². The molecule has 4 heteroatoms. The molecule has 0 unspecified atom stereocenters. The van der Waals surface area contributed by atoms with Gasteiger partial charge in [0.05, 0.1) is 5.92 Å². The molecule has 0 aliphatic carbocycles. The fraction of sp³-hybridized carbons (Fsp3) is 0.455. The average molecular weight is 208 g/mol. The third-order valence-corrected chi connectivity index (χ3v) is 2.55. The van der Waals surface area contributed by atoms with Gasteiger partial charge in [-0.25, -0.2) is 0 Å². The molecule has 82 valence electrons. The van der Waals surface area contributed by atoms with Gasteiger partial charge in [-0.05, 0) is 17.5 Å². The maximum Gasteiger partial charge on any atom is 0.211 e. The first-order valence-corrected chi connectivity index (χ1v) is 4.98. The number of para-hydroxylation sites is 1. The van der Waals surface area contributed by atoms with Crippen LogP contribution in [-0.4, -0.2) is 11.5 Å². The molecule has 0 spiro atoms. The summed E-state index contributed by atoms with van der Waals surface area (Å²) in [5.41, 5.74) is 7.33. The molecule has 0 bridgehead atoms. The molecule has 15 heavy (non-hydrogen) atoms. The van der Waals surface area contributed by atoms with Gasteiger partial charge in [-0.3, -0.25) is 10.1 Å². The molecule has 4 nitrogen and oxygen atoms in total. The molecule has 0 radical (unpaired) electrons. The van der Waals surface area contributed by atoms with Crippen LogP contribution in [0.3, 0.4) is 0 Å². The van der Waals surface area contributed by atoms with Crippen LogP contribution in [0.2, 0.25) is 0 Å². The molecule has 0 aliphatic rings. The Labute approximate surface area is 89.2 Å². The van der Waals surface area contributed by atoms with Crippen molar-refractivity contribution in [3.63, 3.8) is 0 Å². The number of nitrogen functional groups attached to an aromatic ring is 1. The Morgan fingerprint density at radius 3 is 2.47 bits per heavy atom. The maximum absolute atomic E-state index is 10.6. The van der Waals surface area contributed by atoms with Crippen LogP contribution in [-0.2, 0) is 0 Å². The molecule has 1 aromatic carbocycles. The SMILES string of the molecule is CC(C)[C@H](C[N+](=O)[O-])c1ccccc1N. The zero-order chi connectivity index (χ0) is 11.4. The van der Waals surface area contributed by atoms with E-state index in [1.807, 2.05) is 32.0 Å². The summed E-state index contributed by atoms with van der Waals surface area (Å²) in [6, 6.07) is 7.34. The van der Waals surface area contributed by atoms with Gasteiger partial charge in [0.15, 0.2) is 0 Å². The van der Waals surface area contributed by atoms with Crippen molar-refractivity contribution in [2.45, 2.75) is 19.8 Å². The summed E-state index contributed by atoms with van der Waals surface area (Å²) in [6.07, 6.45) is 0. The Morgan fingerprint density at radius 2 is 2.00 bits per heavy atom. The highest BCUT2D eigenvalue weighted by atomic mass is 16.6. The Hall–Kier alpha value is -1.58. The lowest BCUT2D eigenvalue weighted by Crippen LogP contribution is -2.18. The van der Waals surface area contributed by atoms with E-state index in [0.29, 0.717) is 5.69 Å². The van der Waals surface area contributed by atoms with Crippen LogP contribution in [0.5, 0.6) is 0 Å². The summed E-state index contributed by atoms with van der Waals surface area (Å²) < 4.78 is 0. The molecule has 0 amide bonds. The summed E-state index contributed by atoms with van der Waals surface area (Å²) in [5.74, 6) is 0.0984. The molecule has 0 saturated heterocycles. The van der Waals surface area contributed by atoms with Crippen molar-refractivity contribution in [1.82, 2.24) is 0 Å². The van der Waals surface area contributed by atoms with E-state index in [2.05, 4.69) is 0 Å². The summed E-state index contributed by atoms with van der Waals surface area (Å²) in [6.45, 7) is 3.88. The van der Waals surface area contributed by atoms with Gasteiger partial charge in [0.1, 0.15) is 0 Å². The quantitative estimate of drug-likeness (QED) is 0.469. The molecular formula is C11H16N2O2. The number of rotatable bonds is 4. The molecule has 1 rings (SSSR count). The van der Waals surface area contributed by atoms with Crippen molar-refractivity contribution in [1.29, 1.82) is 0 Å². The van der Waals surface area contributed by atoms with Gasteiger partial charge in [0.25, 0.3) is 0 Å². The van der Waals surface area contributed by atoms with E-state index in [0.717, 1.165) is 5.56 Å². The standard InChI is InChI=1S/C11H16N2O2/c1-8(2)10(7-13(14)15)9-5-3-4-6-11(9)12/h3-6,8,10H,7,12H2,1-2H3/t10-/m0/s1. The van der Waals surface area contributed by atoms with E-state index >= 15 is 0 Å². The van der Waals surface area contributed by atoms with E-state index in [9.17, 15) is 10.1 Å². The van der Waals surface area contributed by atoms with Gasteiger partial charge in [0.2, 0.25) is 6.54 Å². The highest BCUT2D eigenvalue weighted by molar-refractivity contribution is 5.48. The Kier molecular flexibility index (Phi) is 3.66. The first kappa shape index (κ1) is 11.5. The largest absolute Gasteiger partial charge is 0.398 e. The van der Waals surface area contributed by atoms with Gasteiger partial charge in [-0.15, -0.1) is 0 Å². The number of nitrogens with zero attached hydrogens (tertiary/aromatic N) is 1. The minimum atomic E-state index is -0.281. The Bertz CT molecular complexity index is 350. The summed E-state index contributed by atoms with van der Waals surface area (Å²) in [4.78, 5) is 10.3. The molecule has 0 fully saturated rings. The molecule has 1 aromatic rings. The van der Waals surface area contributed by atoms with E-state index in [4.69, 9.17) is 5.73 Å². The highest BCUT2D eigenvalue weighted by Crippen LogP contribution is 2.28. The van der Waals surface area contributed by atoms with Crippen molar-refractivity contribution in [3.8, 4) is 0 Å². The number of benzene rings is 1. The van der Waals surface area contributed by atoms with Crippen molar-refractivity contribution in [3.05, 3.63) is 39.9 Å². The monoisotopic (exact) mass is 208 g/mol. The maximum atomic E-state index is 10.6. The van der Waals surface area contributed by atoms with Crippen molar-refractivity contribution in [2.75, 3.05) is 12.3 Å². The second-order valence-electron chi connectivity index (χ2n) is 3.99. The molecular weight excluding hydrogens is 192 g/mol. The molecule has 0 heterocycles. The third-order valence-electron chi connectivity index (χ3n) is 2.55. The van der Waals surface area contributed by atoms with Crippen LogP contribution < -0.4 is 5.73 Å². The first-order chi connectivity index (χ1) is 7.02. The second-order valence-corrected chi connectivity index (χ2v) is 3.99. The minimum Gasteiger partial charge on any atom is -0.398 e. The van der Waals surface area contributed by atoms with Gasteiger partial charge in [-0.1, -0.05) is 32.0 Å². The summed E-state index contributed by atoms with van der Waals surface area (Å²) in [7, 11) is 0. The van der Waals surface area contributed by atoms with Crippen LogP contribution >= 0.6 is 0 Å². The van der Waals surface area contributed by atoms with Crippen molar-refractivity contribution in [2.24, 2.45) is 5.92 Å². The average Bonchev–Trinajstić information content (AvgIpc) is 2.15. The van der Waals surface area contributed by atoms with E-state index < -0.39 is 0 Å². The van der Waals surface area contributed by atoms with E-state index in [-0.39, 0.29) is 23.3 Å². The molecule has 0 aliphatic heterocycles. The zero-order valence-electron chi connectivity index (χ0n) is 9.01. The lowest BCUT2D eigenvalue weighted by atomic mass is 9.87. The predicted molar refractivity (Wildman–Crippen MR) is 60.3 cm³/mol. The zero-order valence-corrected chi connectivity index (χ0v) is 9.01. The molecule has 0 aromatic heterocycles. The number of anilines is 1. The Balaban J connectivity index is 2.99. The van der Waals surface area contributed by atoms with Crippen LogP contribution in [0.4, 0.5) is 5.69 Å². The summed E-state index contributed by atoms with van der Waals surface area (Å²) >= 11 is 0. The third kappa shape index (κ3) is 2.94. The fourth-order valence-corrected chi connectivity index (χ4v) is 1.68. The van der Waals surface area contributed by atoms with Gasteiger partial charge < -0.3 is 5.73 Å². The molecule has 1 atom stereocenters. The number of nitro groups is 1. The van der Waals surface area contributed by atoms with Crippen molar-refractivity contribution < 1.29 is 4.92 Å². The van der Waals surface area contributed by atoms with Crippen LogP contribution in [0, 0.1) is 16.0 Å². The topological polar surface area (TPSA) is 69.2 Å². The second kappa shape index (κ2) is 4.77. The minimum absolute atomic E-state index is 0.0636. The number of hydrogen-bond acceptors (Lipinski definition) is 3. The van der Waals surface area contributed by atoms with Crippen LogP contribution in [0.15, 0.2) is 24.3 Å².